The Kier molecular flexibility index (Phi) is 8.74. The molecule has 8 heteroatoms. The van der Waals surface area contributed by atoms with Crippen molar-refractivity contribution in [3.63, 3.8) is 0 Å². The molecular formula is C22H37N5O3. The number of hydrogen-bond donors (Lipinski definition) is 1. The van der Waals surface area contributed by atoms with Crippen molar-refractivity contribution in [2.24, 2.45) is 10.9 Å². The van der Waals surface area contributed by atoms with E-state index in [9.17, 15) is 4.79 Å². The molecule has 30 heavy (non-hydrogen) atoms. The highest BCUT2D eigenvalue weighted by Crippen LogP contribution is 2.20. The largest absolute Gasteiger partial charge is 0.481 e. The molecule has 0 radical (unpaired) electrons. The van der Waals surface area contributed by atoms with E-state index in [-0.39, 0.29) is 6.09 Å². The molecule has 1 N–H and O–H groups in total. The van der Waals surface area contributed by atoms with Crippen molar-refractivity contribution >= 4 is 12.1 Å². The van der Waals surface area contributed by atoms with Gasteiger partial charge in [0.05, 0.1) is 7.11 Å². The SMILES string of the molecule is CCN(CC1CCN(C(=NC)NCc2cccnc2OC)CC1)C(=O)OC(C)(C)C. The van der Waals surface area contributed by atoms with Gasteiger partial charge in [-0.15, -0.1) is 0 Å². The van der Waals surface area contributed by atoms with Crippen molar-refractivity contribution in [2.45, 2.75) is 52.7 Å². The molecule has 0 aromatic carbocycles. The highest BCUT2D eigenvalue weighted by Gasteiger charge is 2.27. The van der Waals surface area contributed by atoms with Crippen LogP contribution in [0.1, 0.15) is 46.1 Å². The van der Waals surface area contributed by atoms with E-state index in [2.05, 4.69) is 20.2 Å². The van der Waals surface area contributed by atoms with E-state index in [1.165, 1.54) is 0 Å². The number of ether oxygens (including phenoxy) is 2. The van der Waals surface area contributed by atoms with E-state index in [1.54, 1.807) is 20.4 Å². The van der Waals surface area contributed by atoms with Gasteiger partial charge in [0, 0.05) is 51.5 Å². The fraction of sp³-hybridized carbons (Fsp3) is 0.682. The molecule has 0 aliphatic carbocycles. The Morgan fingerprint density at radius 1 is 1.37 bits per heavy atom. The monoisotopic (exact) mass is 419 g/mol. The van der Waals surface area contributed by atoms with E-state index < -0.39 is 5.60 Å². The first kappa shape index (κ1) is 23.8. The molecule has 0 unspecified atom stereocenters. The van der Waals surface area contributed by atoms with Crippen LogP contribution in [-0.2, 0) is 11.3 Å². The van der Waals surface area contributed by atoms with Gasteiger partial charge < -0.3 is 24.6 Å². The molecule has 2 rings (SSSR count). The second kappa shape index (κ2) is 11.0. The van der Waals surface area contributed by atoms with E-state index in [1.807, 2.05) is 44.7 Å². The van der Waals surface area contributed by atoms with Crippen molar-refractivity contribution in [1.29, 1.82) is 0 Å². The fourth-order valence-electron chi connectivity index (χ4n) is 3.55. The maximum atomic E-state index is 12.4. The molecule has 1 aromatic heterocycles. The molecule has 8 nitrogen and oxygen atoms in total. The van der Waals surface area contributed by atoms with Gasteiger partial charge in [-0.05, 0) is 52.5 Å². The molecule has 2 heterocycles. The predicted molar refractivity (Wildman–Crippen MR) is 119 cm³/mol. The Morgan fingerprint density at radius 2 is 2.07 bits per heavy atom. The normalized spacial score (nSPS) is 15.7. The number of nitrogens with one attached hydrogen (secondary N) is 1. The van der Waals surface area contributed by atoms with Gasteiger partial charge in [-0.1, -0.05) is 6.07 Å². The van der Waals surface area contributed by atoms with Crippen LogP contribution in [0.15, 0.2) is 23.3 Å². The first-order valence-corrected chi connectivity index (χ1v) is 10.7. The van der Waals surface area contributed by atoms with Crippen molar-refractivity contribution < 1.29 is 14.3 Å². The molecule has 1 aromatic rings. The van der Waals surface area contributed by atoms with E-state index >= 15 is 0 Å². The number of piperidine rings is 1. The number of carbonyl (C=O) groups is 1. The molecule has 0 spiro atoms. The third-order valence-corrected chi connectivity index (χ3v) is 5.12. The molecule has 1 saturated heterocycles. The molecule has 0 atom stereocenters. The lowest BCUT2D eigenvalue weighted by Gasteiger charge is -2.36. The minimum absolute atomic E-state index is 0.227. The third kappa shape index (κ3) is 7.07. The number of guanidine groups is 1. The second-order valence-corrected chi connectivity index (χ2v) is 8.52. The zero-order valence-corrected chi connectivity index (χ0v) is 19.3. The average Bonchev–Trinajstić information content (AvgIpc) is 2.72. The standard InChI is InChI=1S/C22H37N5O3/c1-7-26(21(28)30-22(2,3)4)16-17-10-13-27(14-11-17)20(23-5)25-15-18-9-8-12-24-19(18)29-6/h8-9,12,17H,7,10-11,13-16H2,1-6H3,(H,23,25). The topological polar surface area (TPSA) is 79.3 Å². The van der Waals surface area contributed by atoms with Crippen LogP contribution >= 0.6 is 0 Å². The van der Waals surface area contributed by atoms with Crippen LogP contribution < -0.4 is 10.1 Å². The summed E-state index contributed by atoms with van der Waals surface area (Å²) in [5.41, 5.74) is 0.523. The number of aliphatic imine (C=N–C) groups is 1. The van der Waals surface area contributed by atoms with Crippen molar-refractivity contribution in [1.82, 2.24) is 20.1 Å². The number of methoxy groups -OCH3 is 1. The number of rotatable bonds is 6. The summed E-state index contributed by atoms with van der Waals surface area (Å²) >= 11 is 0. The molecule has 0 bridgehead atoms. The number of pyridine rings is 1. The Hall–Kier alpha value is -2.51. The molecule has 1 aliphatic rings. The van der Waals surface area contributed by atoms with Crippen LogP contribution in [-0.4, -0.2) is 72.8 Å². The van der Waals surface area contributed by atoms with Gasteiger partial charge in [0.25, 0.3) is 0 Å². The molecule has 1 amide bonds. The first-order valence-electron chi connectivity index (χ1n) is 10.7. The Morgan fingerprint density at radius 3 is 2.63 bits per heavy atom. The summed E-state index contributed by atoms with van der Waals surface area (Å²) in [4.78, 5) is 25.2. The molecule has 1 aliphatic heterocycles. The summed E-state index contributed by atoms with van der Waals surface area (Å²) in [6.07, 6.45) is 3.51. The Labute approximate surface area is 180 Å². The lowest BCUT2D eigenvalue weighted by molar-refractivity contribution is 0.0214. The maximum absolute atomic E-state index is 12.4. The maximum Gasteiger partial charge on any atom is 0.410 e. The van der Waals surface area contributed by atoms with Crippen LogP contribution in [0.3, 0.4) is 0 Å². The van der Waals surface area contributed by atoms with Crippen molar-refractivity contribution in [2.75, 3.05) is 40.3 Å². The number of amides is 1. The first-order chi connectivity index (χ1) is 14.3. The molecular weight excluding hydrogens is 382 g/mol. The van der Waals surface area contributed by atoms with E-state index in [0.29, 0.717) is 24.9 Å². The number of carbonyl (C=O) groups excluding carboxylic acids is 1. The number of nitrogens with zero attached hydrogens (tertiary/aromatic N) is 4. The zero-order valence-electron chi connectivity index (χ0n) is 19.3. The minimum Gasteiger partial charge on any atom is -0.481 e. The summed E-state index contributed by atoms with van der Waals surface area (Å²) in [5.74, 6) is 1.96. The quantitative estimate of drug-likeness (QED) is 0.564. The lowest BCUT2D eigenvalue weighted by Crippen LogP contribution is -2.47. The van der Waals surface area contributed by atoms with Crippen LogP contribution in [0, 0.1) is 5.92 Å². The Bertz CT molecular complexity index is 709. The highest BCUT2D eigenvalue weighted by atomic mass is 16.6. The number of aromatic nitrogens is 1. The summed E-state index contributed by atoms with van der Waals surface area (Å²) in [6, 6.07) is 3.90. The average molecular weight is 420 g/mol. The van der Waals surface area contributed by atoms with Gasteiger partial charge >= 0.3 is 6.09 Å². The van der Waals surface area contributed by atoms with Crippen molar-refractivity contribution in [3.8, 4) is 5.88 Å². The van der Waals surface area contributed by atoms with Gasteiger partial charge in [-0.25, -0.2) is 9.78 Å². The van der Waals surface area contributed by atoms with Crippen molar-refractivity contribution in [3.05, 3.63) is 23.9 Å². The van der Waals surface area contributed by atoms with Gasteiger partial charge in [0.2, 0.25) is 5.88 Å². The van der Waals surface area contributed by atoms with Crippen LogP contribution in [0.2, 0.25) is 0 Å². The second-order valence-electron chi connectivity index (χ2n) is 8.52. The summed E-state index contributed by atoms with van der Waals surface area (Å²) in [6.45, 7) is 11.5. The van der Waals surface area contributed by atoms with E-state index in [4.69, 9.17) is 9.47 Å². The summed E-state index contributed by atoms with van der Waals surface area (Å²) in [5, 5.41) is 3.41. The lowest BCUT2D eigenvalue weighted by atomic mass is 9.96. The molecule has 0 saturated carbocycles. The van der Waals surface area contributed by atoms with Gasteiger partial charge in [0.1, 0.15) is 5.60 Å². The molecule has 1 fully saturated rings. The Balaban J connectivity index is 1.85. The van der Waals surface area contributed by atoms with E-state index in [0.717, 1.165) is 44.0 Å². The number of hydrogen-bond acceptors (Lipinski definition) is 5. The summed E-state index contributed by atoms with van der Waals surface area (Å²) in [7, 11) is 3.43. The molecule has 168 valence electrons. The highest BCUT2D eigenvalue weighted by molar-refractivity contribution is 5.80. The summed E-state index contributed by atoms with van der Waals surface area (Å²) < 4.78 is 10.9. The van der Waals surface area contributed by atoms with Crippen LogP contribution in [0.5, 0.6) is 5.88 Å². The number of likely N-dealkylation sites (tertiary alicyclic amines) is 1. The van der Waals surface area contributed by atoms with Crippen LogP contribution in [0.4, 0.5) is 4.79 Å². The zero-order chi connectivity index (χ0) is 22.1. The minimum atomic E-state index is -0.469. The van der Waals surface area contributed by atoms with Gasteiger partial charge in [-0.2, -0.15) is 0 Å². The van der Waals surface area contributed by atoms with Gasteiger partial charge in [0.15, 0.2) is 5.96 Å². The smallest absolute Gasteiger partial charge is 0.410 e. The third-order valence-electron chi connectivity index (χ3n) is 5.12. The van der Waals surface area contributed by atoms with Crippen LogP contribution in [0.25, 0.3) is 0 Å². The fourth-order valence-corrected chi connectivity index (χ4v) is 3.55. The van der Waals surface area contributed by atoms with Gasteiger partial charge in [-0.3, -0.25) is 4.99 Å². The predicted octanol–water partition coefficient (Wildman–Crippen LogP) is 3.13.